The van der Waals surface area contributed by atoms with E-state index in [1.54, 1.807) is 18.3 Å². The number of fused-ring (bicyclic) bond motifs is 1. The van der Waals surface area contributed by atoms with E-state index in [9.17, 15) is 5.26 Å². The molecule has 0 fully saturated rings. The summed E-state index contributed by atoms with van der Waals surface area (Å²) in [6.07, 6.45) is 1.61. The lowest BCUT2D eigenvalue weighted by Gasteiger charge is -2.14. The molecule has 4 heteroatoms. The third-order valence-corrected chi connectivity index (χ3v) is 4.33. The largest absolute Gasteiger partial charge is 0.436 e. The van der Waals surface area contributed by atoms with Crippen LogP contribution in [0.15, 0.2) is 85.1 Å². The number of nitriles is 1. The Morgan fingerprint density at radius 3 is 2.63 bits per heavy atom. The van der Waals surface area contributed by atoms with Crippen LogP contribution in [-0.2, 0) is 6.54 Å². The third kappa shape index (κ3) is 3.58. The lowest BCUT2D eigenvalue weighted by Crippen LogP contribution is -2.02. The molecule has 0 radical (unpaired) electrons. The molecule has 0 saturated heterocycles. The summed E-state index contributed by atoms with van der Waals surface area (Å²) in [5, 5.41) is 15.1. The summed E-state index contributed by atoms with van der Waals surface area (Å²) >= 11 is 0. The van der Waals surface area contributed by atoms with Gasteiger partial charge in [0.2, 0.25) is 5.88 Å². The molecule has 4 aromatic rings. The Hall–Kier alpha value is -3.84. The number of anilines is 1. The van der Waals surface area contributed by atoms with E-state index in [1.807, 2.05) is 36.4 Å². The maximum Gasteiger partial charge on any atom is 0.237 e. The highest BCUT2D eigenvalue weighted by Gasteiger charge is 2.09. The second-order valence-electron chi connectivity index (χ2n) is 6.06. The van der Waals surface area contributed by atoms with E-state index in [1.165, 1.54) is 16.3 Å². The fourth-order valence-corrected chi connectivity index (χ4v) is 3.00. The number of hydrogen-bond donors (Lipinski definition) is 1. The molecule has 0 aliphatic heterocycles. The summed E-state index contributed by atoms with van der Waals surface area (Å²) < 4.78 is 5.91. The minimum absolute atomic E-state index is 0.305. The van der Waals surface area contributed by atoms with Crippen molar-refractivity contribution < 1.29 is 4.74 Å². The monoisotopic (exact) mass is 351 g/mol. The first-order chi connectivity index (χ1) is 13.3. The van der Waals surface area contributed by atoms with Crippen molar-refractivity contribution in [2.45, 2.75) is 6.54 Å². The third-order valence-electron chi connectivity index (χ3n) is 4.33. The smallest absolute Gasteiger partial charge is 0.237 e. The number of aromatic nitrogens is 1. The van der Waals surface area contributed by atoms with Crippen molar-refractivity contribution in [2.24, 2.45) is 0 Å². The van der Waals surface area contributed by atoms with Crippen molar-refractivity contribution >= 4 is 16.5 Å². The first-order valence-electron chi connectivity index (χ1n) is 8.67. The van der Waals surface area contributed by atoms with Gasteiger partial charge in [0.25, 0.3) is 0 Å². The van der Waals surface area contributed by atoms with Gasteiger partial charge in [-0.1, -0.05) is 54.6 Å². The summed E-state index contributed by atoms with van der Waals surface area (Å²) in [6.45, 7) is 0.662. The van der Waals surface area contributed by atoms with Crippen LogP contribution in [0.1, 0.15) is 11.1 Å². The number of para-hydroxylation sites is 2. The van der Waals surface area contributed by atoms with Crippen LogP contribution in [0.4, 0.5) is 5.69 Å². The Morgan fingerprint density at radius 1 is 0.889 bits per heavy atom. The Morgan fingerprint density at radius 2 is 1.70 bits per heavy atom. The zero-order valence-corrected chi connectivity index (χ0v) is 14.6. The molecule has 1 N–H and O–H groups in total. The fraction of sp³-hybridized carbons (Fsp3) is 0.0435. The zero-order valence-electron chi connectivity index (χ0n) is 14.6. The number of pyridine rings is 1. The van der Waals surface area contributed by atoms with E-state index < -0.39 is 0 Å². The average Bonchev–Trinajstić information content (AvgIpc) is 2.73. The molecule has 1 aromatic heterocycles. The van der Waals surface area contributed by atoms with Gasteiger partial charge in [0, 0.05) is 12.7 Å². The molecule has 3 aromatic carbocycles. The second-order valence-corrected chi connectivity index (χ2v) is 6.06. The standard InChI is InChI=1S/C23H17N3O/c24-15-18-10-6-14-25-23(18)27-22-13-4-3-12-21(22)26-16-19-9-5-8-17-7-1-2-11-20(17)19/h1-14,26H,16H2. The number of ether oxygens (including phenoxy) is 1. The lowest BCUT2D eigenvalue weighted by atomic mass is 10.0. The molecule has 130 valence electrons. The van der Waals surface area contributed by atoms with Gasteiger partial charge in [-0.05, 0) is 40.6 Å². The molecule has 0 aliphatic carbocycles. The van der Waals surface area contributed by atoms with Gasteiger partial charge in [-0.15, -0.1) is 0 Å². The maximum atomic E-state index is 9.23. The number of rotatable bonds is 5. The van der Waals surface area contributed by atoms with Crippen molar-refractivity contribution in [1.82, 2.24) is 4.98 Å². The van der Waals surface area contributed by atoms with Crippen LogP contribution in [0.3, 0.4) is 0 Å². The molecular weight excluding hydrogens is 334 g/mol. The van der Waals surface area contributed by atoms with Gasteiger partial charge in [0.05, 0.1) is 5.69 Å². The molecule has 1 heterocycles. The highest BCUT2D eigenvalue weighted by atomic mass is 16.5. The summed E-state index contributed by atoms with van der Waals surface area (Å²) in [5.74, 6) is 0.937. The Balaban J connectivity index is 1.59. The first kappa shape index (κ1) is 16.6. The predicted molar refractivity (Wildman–Crippen MR) is 107 cm³/mol. The van der Waals surface area contributed by atoms with Gasteiger partial charge < -0.3 is 10.1 Å². The Labute approximate surface area is 157 Å². The van der Waals surface area contributed by atoms with Crippen LogP contribution in [-0.4, -0.2) is 4.98 Å². The van der Waals surface area contributed by atoms with E-state index in [0.29, 0.717) is 23.7 Å². The zero-order chi connectivity index (χ0) is 18.5. The van der Waals surface area contributed by atoms with Crippen molar-refractivity contribution in [1.29, 1.82) is 5.26 Å². The van der Waals surface area contributed by atoms with E-state index in [2.05, 4.69) is 46.7 Å². The van der Waals surface area contributed by atoms with Crippen molar-refractivity contribution in [3.8, 4) is 17.7 Å². The topological polar surface area (TPSA) is 57.9 Å². The fourth-order valence-electron chi connectivity index (χ4n) is 3.00. The molecule has 4 rings (SSSR count). The molecule has 4 nitrogen and oxygen atoms in total. The van der Waals surface area contributed by atoms with Gasteiger partial charge in [-0.2, -0.15) is 5.26 Å². The van der Waals surface area contributed by atoms with Crippen LogP contribution in [0.2, 0.25) is 0 Å². The van der Waals surface area contributed by atoms with Crippen LogP contribution < -0.4 is 10.1 Å². The molecule has 27 heavy (non-hydrogen) atoms. The van der Waals surface area contributed by atoms with Crippen LogP contribution in [0, 0.1) is 11.3 Å². The number of hydrogen-bond acceptors (Lipinski definition) is 4. The molecule has 0 bridgehead atoms. The quantitative estimate of drug-likeness (QED) is 0.515. The molecule has 0 unspecified atom stereocenters. The van der Waals surface area contributed by atoms with Crippen LogP contribution in [0.5, 0.6) is 11.6 Å². The SMILES string of the molecule is N#Cc1cccnc1Oc1ccccc1NCc1cccc2ccccc12. The minimum atomic E-state index is 0.305. The summed E-state index contributed by atoms with van der Waals surface area (Å²) in [5.41, 5.74) is 2.46. The van der Waals surface area contributed by atoms with Gasteiger partial charge in [0.15, 0.2) is 5.75 Å². The predicted octanol–water partition coefficient (Wildman–Crippen LogP) is 5.51. The van der Waals surface area contributed by atoms with Gasteiger partial charge >= 0.3 is 0 Å². The van der Waals surface area contributed by atoms with Crippen molar-refractivity contribution in [2.75, 3.05) is 5.32 Å². The van der Waals surface area contributed by atoms with Crippen molar-refractivity contribution in [3.05, 3.63) is 96.2 Å². The number of benzene rings is 3. The van der Waals surface area contributed by atoms with E-state index in [0.717, 1.165) is 5.69 Å². The lowest BCUT2D eigenvalue weighted by molar-refractivity contribution is 0.463. The second kappa shape index (κ2) is 7.59. The van der Waals surface area contributed by atoms with Crippen molar-refractivity contribution in [3.63, 3.8) is 0 Å². The van der Waals surface area contributed by atoms with E-state index in [4.69, 9.17) is 4.74 Å². The molecular formula is C23H17N3O. The molecule has 0 spiro atoms. The maximum absolute atomic E-state index is 9.23. The normalized spacial score (nSPS) is 10.3. The summed E-state index contributed by atoms with van der Waals surface area (Å²) in [7, 11) is 0. The molecule has 0 aliphatic rings. The average molecular weight is 351 g/mol. The van der Waals surface area contributed by atoms with Gasteiger partial charge in [0.1, 0.15) is 11.6 Å². The van der Waals surface area contributed by atoms with Gasteiger partial charge in [-0.25, -0.2) is 4.98 Å². The number of nitrogens with one attached hydrogen (secondary N) is 1. The molecule has 0 amide bonds. The Kier molecular flexibility index (Phi) is 4.67. The number of nitrogens with zero attached hydrogens (tertiary/aromatic N) is 2. The van der Waals surface area contributed by atoms with E-state index >= 15 is 0 Å². The molecule has 0 atom stereocenters. The van der Waals surface area contributed by atoms with Crippen LogP contribution in [0.25, 0.3) is 10.8 Å². The van der Waals surface area contributed by atoms with Gasteiger partial charge in [-0.3, -0.25) is 0 Å². The summed E-state index contributed by atoms with van der Waals surface area (Å²) in [6, 6.07) is 27.8. The first-order valence-corrected chi connectivity index (χ1v) is 8.67. The Bertz CT molecular complexity index is 1130. The minimum Gasteiger partial charge on any atom is -0.436 e. The summed E-state index contributed by atoms with van der Waals surface area (Å²) in [4.78, 5) is 4.17. The molecule has 0 saturated carbocycles. The highest BCUT2D eigenvalue weighted by molar-refractivity contribution is 5.85. The highest BCUT2D eigenvalue weighted by Crippen LogP contribution is 2.30. The van der Waals surface area contributed by atoms with E-state index in [-0.39, 0.29) is 0 Å². The van der Waals surface area contributed by atoms with Crippen LogP contribution >= 0.6 is 0 Å².